The van der Waals surface area contributed by atoms with Gasteiger partial charge in [0.25, 0.3) is 0 Å². The maximum absolute atomic E-state index is 13.4. The Balaban J connectivity index is 2.78. The van der Waals surface area contributed by atoms with E-state index in [9.17, 15) is 4.39 Å². The van der Waals surface area contributed by atoms with E-state index in [1.165, 1.54) is 6.07 Å². The van der Waals surface area contributed by atoms with Gasteiger partial charge in [-0.05, 0) is 25.0 Å². The summed E-state index contributed by atoms with van der Waals surface area (Å²) in [6.45, 7) is 2.06. The van der Waals surface area contributed by atoms with Crippen molar-refractivity contribution in [3.8, 4) is 0 Å². The second-order valence-electron chi connectivity index (χ2n) is 3.56. The summed E-state index contributed by atoms with van der Waals surface area (Å²) < 4.78 is 13.4. The average molecular weight is 231 g/mol. The van der Waals surface area contributed by atoms with E-state index in [-0.39, 0.29) is 11.9 Å². The van der Waals surface area contributed by atoms with Crippen molar-refractivity contribution in [2.24, 2.45) is 5.84 Å². The lowest BCUT2D eigenvalue weighted by atomic mass is 10.0. The fourth-order valence-corrected chi connectivity index (χ4v) is 1.81. The van der Waals surface area contributed by atoms with Crippen LogP contribution < -0.4 is 11.3 Å². The van der Waals surface area contributed by atoms with Gasteiger partial charge in [-0.2, -0.15) is 0 Å². The summed E-state index contributed by atoms with van der Waals surface area (Å²) in [6, 6.07) is 4.79. The molecule has 0 radical (unpaired) electrons. The molecule has 0 bridgehead atoms. The Morgan fingerprint density at radius 2 is 2.27 bits per heavy atom. The summed E-state index contributed by atoms with van der Waals surface area (Å²) in [7, 11) is 0. The van der Waals surface area contributed by atoms with Crippen molar-refractivity contribution < 1.29 is 4.39 Å². The van der Waals surface area contributed by atoms with Crippen LogP contribution in [0.25, 0.3) is 0 Å². The molecule has 0 aliphatic carbocycles. The summed E-state index contributed by atoms with van der Waals surface area (Å²) in [5.74, 6) is 5.13. The monoisotopic (exact) mass is 230 g/mol. The molecular formula is C11H16ClFN2. The van der Waals surface area contributed by atoms with E-state index in [0.717, 1.165) is 12.8 Å². The van der Waals surface area contributed by atoms with E-state index in [1.54, 1.807) is 12.1 Å². The summed E-state index contributed by atoms with van der Waals surface area (Å²) in [5, 5.41) is 0.464. The van der Waals surface area contributed by atoms with Crippen LogP contribution in [0.15, 0.2) is 18.2 Å². The highest BCUT2D eigenvalue weighted by atomic mass is 35.5. The second-order valence-corrected chi connectivity index (χ2v) is 3.96. The maximum atomic E-state index is 13.4. The van der Waals surface area contributed by atoms with Crippen LogP contribution >= 0.6 is 11.6 Å². The third kappa shape index (κ3) is 3.45. The number of rotatable bonds is 5. The van der Waals surface area contributed by atoms with Gasteiger partial charge in [-0.15, -0.1) is 0 Å². The maximum Gasteiger partial charge on any atom is 0.127 e. The number of nitrogens with two attached hydrogens (primary N) is 1. The number of hydrazine groups is 1. The largest absolute Gasteiger partial charge is 0.271 e. The van der Waals surface area contributed by atoms with Gasteiger partial charge in [-0.3, -0.25) is 11.3 Å². The zero-order chi connectivity index (χ0) is 11.3. The summed E-state index contributed by atoms with van der Waals surface area (Å²) in [5.41, 5.74) is 3.22. The van der Waals surface area contributed by atoms with Crippen LogP contribution in [0.1, 0.15) is 25.3 Å². The van der Waals surface area contributed by atoms with Gasteiger partial charge in [-0.25, -0.2) is 4.39 Å². The first kappa shape index (κ1) is 12.4. The quantitative estimate of drug-likeness (QED) is 0.603. The van der Waals surface area contributed by atoms with Crippen LogP contribution in [0.4, 0.5) is 4.39 Å². The molecule has 1 aromatic rings. The number of benzene rings is 1. The molecule has 15 heavy (non-hydrogen) atoms. The van der Waals surface area contributed by atoms with Gasteiger partial charge < -0.3 is 0 Å². The molecule has 0 amide bonds. The van der Waals surface area contributed by atoms with E-state index in [0.29, 0.717) is 17.0 Å². The van der Waals surface area contributed by atoms with Crippen LogP contribution in [0.5, 0.6) is 0 Å². The van der Waals surface area contributed by atoms with Crippen molar-refractivity contribution in [1.29, 1.82) is 0 Å². The normalized spacial score (nSPS) is 12.8. The third-order valence-electron chi connectivity index (χ3n) is 2.39. The molecule has 0 aliphatic rings. The topological polar surface area (TPSA) is 38.0 Å². The third-order valence-corrected chi connectivity index (χ3v) is 2.74. The van der Waals surface area contributed by atoms with E-state index in [4.69, 9.17) is 17.4 Å². The Morgan fingerprint density at radius 3 is 2.80 bits per heavy atom. The first-order chi connectivity index (χ1) is 7.19. The van der Waals surface area contributed by atoms with Crippen LogP contribution in [0.2, 0.25) is 5.02 Å². The van der Waals surface area contributed by atoms with Gasteiger partial charge >= 0.3 is 0 Å². The molecule has 0 saturated carbocycles. The lowest BCUT2D eigenvalue weighted by molar-refractivity contribution is 0.475. The Hall–Kier alpha value is -0.640. The summed E-state index contributed by atoms with van der Waals surface area (Å²) in [4.78, 5) is 0. The minimum absolute atomic E-state index is 0.0735. The van der Waals surface area contributed by atoms with Gasteiger partial charge in [0.05, 0.1) is 0 Å². The molecule has 84 valence electrons. The zero-order valence-corrected chi connectivity index (χ0v) is 9.52. The zero-order valence-electron chi connectivity index (χ0n) is 8.76. The highest BCUT2D eigenvalue weighted by Crippen LogP contribution is 2.21. The van der Waals surface area contributed by atoms with Gasteiger partial charge in [0.15, 0.2) is 0 Å². The summed E-state index contributed by atoms with van der Waals surface area (Å²) in [6.07, 6.45) is 2.43. The van der Waals surface area contributed by atoms with Crippen molar-refractivity contribution >= 4 is 11.6 Å². The Kier molecular flexibility index (Phi) is 5.02. The lowest BCUT2D eigenvalue weighted by Gasteiger charge is -2.16. The molecule has 1 rings (SSSR count). The van der Waals surface area contributed by atoms with Gasteiger partial charge in [0, 0.05) is 16.6 Å². The molecular weight excluding hydrogens is 215 g/mol. The van der Waals surface area contributed by atoms with Gasteiger partial charge in [0.2, 0.25) is 0 Å². The Labute approximate surface area is 94.6 Å². The van der Waals surface area contributed by atoms with Crippen LogP contribution in [0.3, 0.4) is 0 Å². The number of hydrogen-bond donors (Lipinski definition) is 2. The smallest absolute Gasteiger partial charge is 0.127 e. The molecule has 1 unspecified atom stereocenters. The minimum atomic E-state index is -0.265. The highest BCUT2D eigenvalue weighted by Gasteiger charge is 2.12. The van der Waals surface area contributed by atoms with Crippen molar-refractivity contribution in [3.63, 3.8) is 0 Å². The fourth-order valence-electron chi connectivity index (χ4n) is 1.57. The van der Waals surface area contributed by atoms with Crippen molar-refractivity contribution in [2.45, 2.75) is 32.2 Å². The average Bonchev–Trinajstić information content (AvgIpc) is 2.22. The standard InChI is InChI=1S/C11H16ClFN2/c1-2-4-8(15-14)7-9-10(12)5-3-6-11(9)13/h3,5-6,8,15H,2,4,7,14H2,1H3. The van der Waals surface area contributed by atoms with Gasteiger partial charge in [0.1, 0.15) is 5.82 Å². The fraction of sp³-hybridized carbons (Fsp3) is 0.455. The molecule has 4 heteroatoms. The van der Waals surface area contributed by atoms with Crippen molar-refractivity contribution in [3.05, 3.63) is 34.6 Å². The van der Waals surface area contributed by atoms with E-state index in [1.807, 2.05) is 0 Å². The predicted octanol–water partition coefficient (Wildman–Crippen LogP) is 2.65. The molecule has 0 fully saturated rings. The van der Waals surface area contributed by atoms with Crippen LogP contribution in [-0.4, -0.2) is 6.04 Å². The first-order valence-electron chi connectivity index (χ1n) is 5.08. The van der Waals surface area contributed by atoms with Crippen molar-refractivity contribution in [1.82, 2.24) is 5.43 Å². The van der Waals surface area contributed by atoms with E-state index in [2.05, 4.69) is 12.3 Å². The van der Waals surface area contributed by atoms with Crippen LogP contribution in [-0.2, 0) is 6.42 Å². The number of halogens is 2. The van der Waals surface area contributed by atoms with Crippen LogP contribution in [0, 0.1) is 5.82 Å². The second kappa shape index (κ2) is 6.05. The first-order valence-corrected chi connectivity index (χ1v) is 5.45. The molecule has 1 aromatic carbocycles. The predicted molar refractivity (Wildman–Crippen MR) is 61.1 cm³/mol. The molecule has 0 saturated heterocycles. The molecule has 0 aromatic heterocycles. The van der Waals surface area contributed by atoms with Crippen molar-refractivity contribution in [2.75, 3.05) is 0 Å². The van der Waals surface area contributed by atoms with E-state index >= 15 is 0 Å². The number of hydrogen-bond acceptors (Lipinski definition) is 2. The molecule has 1 atom stereocenters. The van der Waals surface area contributed by atoms with Gasteiger partial charge in [-0.1, -0.05) is 31.0 Å². The Bertz CT molecular complexity index is 297. The highest BCUT2D eigenvalue weighted by molar-refractivity contribution is 6.31. The lowest BCUT2D eigenvalue weighted by Crippen LogP contribution is -2.36. The molecule has 0 heterocycles. The molecule has 3 N–H and O–H groups in total. The van der Waals surface area contributed by atoms with E-state index < -0.39 is 0 Å². The summed E-state index contributed by atoms with van der Waals surface area (Å²) >= 11 is 5.92. The molecule has 0 spiro atoms. The Morgan fingerprint density at radius 1 is 1.53 bits per heavy atom. The SMILES string of the molecule is CCCC(Cc1c(F)cccc1Cl)NN. The molecule has 0 aliphatic heterocycles. The molecule has 2 nitrogen and oxygen atoms in total. The minimum Gasteiger partial charge on any atom is -0.271 e. The number of nitrogens with one attached hydrogen (secondary N) is 1.